The lowest BCUT2D eigenvalue weighted by atomic mass is 10.1. The van der Waals surface area contributed by atoms with Gasteiger partial charge in [-0.15, -0.1) is 0 Å². The smallest absolute Gasteiger partial charge is 0.262 e. The van der Waals surface area contributed by atoms with Gasteiger partial charge in [0.15, 0.2) is 0 Å². The van der Waals surface area contributed by atoms with E-state index < -0.39 is 11.8 Å². The molecule has 0 aliphatic carbocycles. The Morgan fingerprint density at radius 2 is 1.72 bits per heavy atom. The Kier molecular flexibility index (Phi) is 3.41. The summed E-state index contributed by atoms with van der Waals surface area (Å²) >= 11 is 0. The van der Waals surface area contributed by atoms with Gasteiger partial charge in [-0.25, -0.2) is 9.67 Å². The third-order valence-electron chi connectivity index (χ3n) is 4.64. The summed E-state index contributed by atoms with van der Waals surface area (Å²) in [6.45, 7) is 4.49. The minimum Gasteiger partial charge on any atom is -0.337 e. The summed E-state index contributed by atoms with van der Waals surface area (Å²) in [5.74, 6) is 0.464. The Bertz CT molecular complexity index is 862. The highest BCUT2D eigenvalue weighted by molar-refractivity contribution is 6.22. The van der Waals surface area contributed by atoms with Crippen LogP contribution in [0.2, 0.25) is 0 Å². The maximum Gasteiger partial charge on any atom is 0.262 e. The van der Waals surface area contributed by atoms with Gasteiger partial charge in [0.1, 0.15) is 18.2 Å². The van der Waals surface area contributed by atoms with Crippen molar-refractivity contribution in [3.05, 3.63) is 47.0 Å². The average molecular weight is 339 g/mol. The van der Waals surface area contributed by atoms with Crippen molar-refractivity contribution >= 4 is 17.7 Å². The zero-order valence-corrected chi connectivity index (χ0v) is 14.0. The molecular weight excluding hydrogens is 322 g/mol. The number of aromatic nitrogens is 3. The van der Waals surface area contributed by atoms with Crippen LogP contribution in [0.15, 0.2) is 24.3 Å². The van der Waals surface area contributed by atoms with Crippen LogP contribution >= 0.6 is 0 Å². The fraction of sp³-hybridized carbons (Fsp3) is 0.353. The van der Waals surface area contributed by atoms with Crippen molar-refractivity contribution in [1.82, 2.24) is 24.6 Å². The Morgan fingerprint density at radius 3 is 2.24 bits per heavy atom. The highest BCUT2D eigenvalue weighted by Crippen LogP contribution is 2.25. The van der Waals surface area contributed by atoms with Crippen LogP contribution in [0.1, 0.15) is 38.4 Å². The first-order valence-corrected chi connectivity index (χ1v) is 8.08. The summed E-state index contributed by atoms with van der Waals surface area (Å²) in [7, 11) is 0. The number of imide groups is 1. The van der Waals surface area contributed by atoms with E-state index in [1.54, 1.807) is 29.2 Å². The summed E-state index contributed by atoms with van der Waals surface area (Å²) < 4.78 is 1.82. The fourth-order valence-electron chi connectivity index (χ4n) is 3.31. The highest BCUT2D eigenvalue weighted by atomic mass is 16.2. The molecule has 1 fully saturated rings. The summed E-state index contributed by atoms with van der Waals surface area (Å²) in [6, 6.07) is 6.72. The molecule has 0 atom stereocenters. The predicted octanol–water partition coefficient (Wildman–Crippen LogP) is 0.574. The van der Waals surface area contributed by atoms with Crippen LogP contribution in [0.3, 0.4) is 0 Å². The van der Waals surface area contributed by atoms with Crippen LogP contribution in [0.25, 0.3) is 0 Å². The molecule has 3 amide bonds. The number of hydrogen-bond donors (Lipinski definition) is 0. The number of rotatable bonds is 3. The molecule has 25 heavy (non-hydrogen) atoms. The number of amides is 3. The highest BCUT2D eigenvalue weighted by Gasteiger charge is 2.39. The van der Waals surface area contributed by atoms with Gasteiger partial charge in [0, 0.05) is 13.1 Å². The van der Waals surface area contributed by atoms with E-state index in [2.05, 4.69) is 10.1 Å². The third kappa shape index (κ3) is 2.41. The summed E-state index contributed by atoms with van der Waals surface area (Å²) in [6.07, 6.45) is 0. The Balaban J connectivity index is 1.40. The van der Waals surface area contributed by atoms with E-state index in [4.69, 9.17) is 0 Å². The molecule has 0 unspecified atom stereocenters. The van der Waals surface area contributed by atoms with Gasteiger partial charge in [-0.1, -0.05) is 12.1 Å². The fourth-order valence-corrected chi connectivity index (χ4v) is 3.31. The summed E-state index contributed by atoms with van der Waals surface area (Å²) in [4.78, 5) is 44.0. The normalized spacial score (nSPS) is 17.0. The second-order valence-corrected chi connectivity index (χ2v) is 6.35. The van der Waals surface area contributed by atoms with Crippen molar-refractivity contribution in [2.24, 2.45) is 0 Å². The van der Waals surface area contributed by atoms with Crippen molar-refractivity contribution in [3.63, 3.8) is 0 Å². The van der Waals surface area contributed by atoms with Crippen LogP contribution in [0.5, 0.6) is 0 Å². The second-order valence-electron chi connectivity index (χ2n) is 6.35. The molecule has 4 rings (SSSR count). The van der Waals surface area contributed by atoms with Crippen molar-refractivity contribution in [2.75, 3.05) is 19.6 Å². The Labute approximate surface area is 144 Å². The van der Waals surface area contributed by atoms with Crippen LogP contribution in [0.4, 0.5) is 0 Å². The maximum absolute atomic E-state index is 12.4. The van der Waals surface area contributed by atoms with Crippen molar-refractivity contribution in [3.8, 4) is 0 Å². The van der Waals surface area contributed by atoms with E-state index in [0.29, 0.717) is 30.0 Å². The number of nitrogens with zero attached hydrogens (tertiary/aromatic N) is 5. The first kappa shape index (κ1) is 15.5. The molecule has 0 saturated carbocycles. The van der Waals surface area contributed by atoms with Gasteiger partial charge >= 0.3 is 0 Å². The quantitative estimate of drug-likeness (QED) is 0.763. The Morgan fingerprint density at radius 1 is 1.12 bits per heavy atom. The number of carbonyl (C=O) groups is 3. The molecular formula is C17H17N5O3. The first-order chi connectivity index (χ1) is 12.0. The largest absolute Gasteiger partial charge is 0.337 e. The van der Waals surface area contributed by atoms with E-state index in [1.165, 1.54) is 0 Å². The van der Waals surface area contributed by atoms with E-state index in [0.717, 1.165) is 10.7 Å². The van der Waals surface area contributed by atoms with E-state index in [-0.39, 0.29) is 18.5 Å². The minimum absolute atomic E-state index is 0.0901. The van der Waals surface area contributed by atoms with Gasteiger partial charge < -0.3 is 4.90 Å². The zero-order valence-electron chi connectivity index (χ0n) is 14.0. The van der Waals surface area contributed by atoms with Gasteiger partial charge in [0.05, 0.1) is 17.2 Å². The molecule has 0 bridgehead atoms. The number of benzene rings is 1. The molecule has 8 heteroatoms. The number of aryl methyl sites for hydroxylation is 2. The average Bonchev–Trinajstić information content (AvgIpc) is 2.98. The van der Waals surface area contributed by atoms with Gasteiger partial charge in [0.2, 0.25) is 5.91 Å². The van der Waals surface area contributed by atoms with Crippen LogP contribution < -0.4 is 0 Å². The number of carbonyl (C=O) groups excluding carboxylic acids is 3. The molecule has 3 heterocycles. The molecule has 128 valence electrons. The van der Waals surface area contributed by atoms with Gasteiger partial charge in [-0.3, -0.25) is 19.3 Å². The molecule has 0 radical (unpaired) electrons. The van der Waals surface area contributed by atoms with Gasteiger partial charge in [-0.2, -0.15) is 5.10 Å². The van der Waals surface area contributed by atoms with Crippen molar-refractivity contribution < 1.29 is 14.4 Å². The second kappa shape index (κ2) is 5.51. The molecule has 2 aliphatic heterocycles. The molecule has 2 aromatic rings. The molecule has 1 aromatic carbocycles. The molecule has 8 nitrogen and oxygen atoms in total. The predicted molar refractivity (Wildman–Crippen MR) is 86.9 cm³/mol. The van der Waals surface area contributed by atoms with E-state index in [9.17, 15) is 14.4 Å². The zero-order chi connectivity index (χ0) is 17.7. The Hall–Kier alpha value is -3.03. The monoisotopic (exact) mass is 339 g/mol. The lowest BCUT2D eigenvalue weighted by molar-refractivity contribution is -0.137. The number of likely N-dealkylation sites (tertiary alicyclic amines) is 1. The SMILES string of the molecule is Cc1nc(C)n(C2CN(C(=O)CN3C(=O)c4ccccc4C3=O)C2)n1. The van der Waals surface area contributed by atoms with Gasteiger partial charge in [-0.05, 0) is 26.0 Å². The third-order valence-corrected chi connectivity index (χ3v) is 4.64. The van der Waals surface area contributed by atoms with Crippen LogP contribution in [-0.2, 0) is 4.79 Å². The molecule has 1 aromatic heterocycles. The summed E-state index contributed by atoms with van der Waals surface area (Å²) in [5.41, 5.74) is 0.714. The first-order valence-electron chi connectivity index (χ1n) is 8.08. The minimum atomic E-state index is -0.409. The number of hydrogen-bond acceptors (Lipinski definition) is 5. The number of fused-ring (bicyclic) bond motifs is 1. The molecule has 2 aliphatic rings. The topological polar surface area (TPSA) is 88.4 Å². The maximum atomic E-state index is 12.4. The van der Waals surface area contributed by atoms with Crippen molar-refractivity contribution in [2.45, 2.75) is 19.9 Å². The van der Waals surface area contributed by atoms with Crippen LogP contribution in [-0.4, -0.2) is 61.9 Å². The van der Waals surface area contributed by atoms with Crippen LogP contribution in [0, 0.1) is 13.8 Å². The van der Waals surface area contributed by atoms with E-state index in [1.807, 2.05) is 18.5 Å². The lowest BCUT2D eigenvalue weighted by Gasteiger charge is -2.39. The lowest BCUT2D eigenvalue weighted by Crippen LogP contribution is -2.54. The standard InChI is InChI=1S/C17H17N5O3/c1-10-18-11(2)22(19-10)12-7-20(8-12)15(23)9-21-16(24)13-5-3-4-6-14(13)17(21)25/h3-6,12H,7-9H2,1-2H3. The summed E-state index contributed by atoms with van der Waals surface area (Å²) in [5, 5.41) is 4.33. The molecule has 0 N–H and O–H groups in total. The van der Waals surface area contributed by atoms with E-state index >= 15 is 0 Å². The van der Waals surface area contributed by atoms with Gasteiger partial charge in [0.25, 0.3) is 11.8 Å². The van der Waals surface area contributed by atoms with Crippen molar-refractivity contribution in [1.29, 1.82) is 0 Å². The molecule has 1 saturated heterocycles. The molecule has 0 spiro atoms.